The normalized spacial score (nSPS) is 13.4. The van der Waals surface area contributed by atoms with Gasteiger partial charge in [-0.15, -0.1) is 11.3 Å². The maximum Gasteiger partial charge on any atom is 0.407 e. The lowest BCUT2D eigenvalue weighted by molar-refractivity contribution is -0.136. The number of hydrogen-bond donors (Lipinski definition) is 1. The van der Waals surface area contributed by atoms with E-state index in [0.717, 1.165) is 30.7 Å². The molecule has 1 amide bonds. The van der Waals surface area contributed by atoms with Crippen molar-refractivity contribution >= 4 is 22.9 Å². The van der Waals surface area contributed by atoms with Gasteiger partial charge in [0.25, 0.3) is 5.91 Å². The quantitative estimate of drug-likeness (QED) is 0.209. The summed E-state index contributed by atoms with van der Waals surface area (Å²) in [6, 6.07) is 7.99. The molecule has 5 rings (SSSR count). The number of halogens is 4. The van der Waals surface area contributed by atoms with E-state index in [0.29, 0.717) is 38.9 Å². The standard InChI is InChI=1S/C27H21F4N5OS/c1-14-23(15(2)36(35-14)19-8-9-22(32-3)20(11-19)27(29,30)31)17-6-7-18(21(28)10-17)12-33-26(37)25-24(16-4-5-16)34-13-38-25/h6-11,13,16H,4-5,12H2,1-2H3,(H,33,37). The van der Waals surface area contributed by atoms with Crippen LogP contribution in [-0.4, -0.2) is 20.7 Å². The molecule has 0 saturated heterocycles. The molecule has 1 fully saturated rings. The summed E-state index contributed by atoms with van der Waals surface area (Å²) < 4.78 is 56.8. The molecule has 11 heteroatoms. The number of carbonyl (C=O) groups is 1. The summed E-state index contributed by atoms with van der Waals surface area (Å²) in [5.74, 6) is -0.480. The van der Waals surface area contributed by atoms with Crippen LogP contribution < -0.4 is 5.32 Å². The third-order valence-electron chi connectivity index (χ3n) is 6.49. The minimum Gasteiger partial charge on any atom is -0.347 e. The predicted octanol–water partition coefficient (Wildman–Crippen LogP) is 7.13. The molecular formula is C27H21F4N5OS. The molecule has 0 spiro atoms. The van der Waals surface area contributed by atoms with Crippen molar-refractivity contribution in [2.24, 2.45) is 0 Å². The molecule has 1 N–H and O–H groups in total. The van der Waals surface area contributed by atoms with Crippen LogP contribution in [0.1, 0.15) is 56.6 Å². The van der Waals surface area contributed by atoms with E-state index in [1.807, 2.05) is 0 Å². The fourth-order valence-electron chi connectivity index (χ4n) is 4.47. The molecule has 1 aliphatic rings. The van der Waals surface area contributed by atoms with Gasteiger partial charge in [0.05, 0.1) is 34.7 Å². The first-order chi connectivity index (χ1) is 18.1. The maximum atomic E-state index is 15.1. The number of amides is 1. The highest BCUT2D eigenvalue weighted by molar-refractivity contribution is 7.11. The van der Waals surface area contributed by atoms with Gasteiger partial charge in [-0.3, -0.25) is 4.79 Å². The highest BCUT2D eigenvalue weighted by atomic mass is 32.1. The van der Waals surface area contributed by atoms with Gasteiger partial charge in [0, 0.05) is 29.3 Å². The number of benzene rings is 2. The lowest BCUT2D eigenvalue weighted by Gasteiger charge is -2.12. The summed E-state index contributed by atoms with van der Waals surface area (Å²) in [6.07, 6.45) is -2.65. The van der Waals surface area contributed by atoms with Crippen molar-refractivity contribution in [2.45, 2.75) is 45.3 Å². The molecule has 194 valence electrons. The SMILES string of the molecule is [C-]#[N+]c1ccc(-n2nc(C)c(-c3ccc(CNC(=O)c4scnc4C4CC4)c(F)c3)c2C)cc1C(F)(F)F. The van der Waals surface area contributed by atoms with Crippen LogP contribution in [0.15, 0.2) is 41.9 Å². The zero-order valence-electron chi connectivity index (χ0n) is 20.4. The highest BCUT2D eigenvalue weighted by Gasteiger charge is 2.34. The minimum atomic E-state index is -4.69. The number of thiazole rings is 1. The van der Waals surface area contributed by atoms with Crippen LogP contribution in [-0.2, 0) is 12.7 Å². The molecule has 2 aromatic carbocycles. The van der Waals surface area contributed by atoms with Crippen molar-refractivity contribution in [1.82, 2.24) is 20.1 Å². The van der Waals surface area contributed by atoms with E-state index in [2.05, 4.69) is 20.2 Å². The Balaban J connectivity index is 1.39. The van der Waals surface area contributed by atoms with Crippen LogP contribution >= 0.6 is 11.3 Å². The van der Waals surface area contributed by atoms with Crippen LogP contribution in [0.3, 0.4) is 0 Å². The molecule has 2 aromatic heterocycles. The van der Waals surface area contributed by atoms with Gasteiger partial charge >= 0.3 is 6.18 Å². The van der Waals surface area contributed by atoms with E-state index >= 15 is 4.39 Å². The maximum absolute atomic E-state index is 15.1. The van der Waals surface area contributed by atoms with Crippen molar-refractivity contribution in [3.63, 3.8) is 0 Å². The second kappa shape index (κ2) is 9.68. The van der Waals surface area contributed by atoms with Crippen LogP contribution in [0.2, 0.25) is 0 Å². The van der Waals surface area contributed by atoms with E-state index in [1.54, 1.807) is 31.5 Å². The summed E-state index contributed by atoms with van der Waals surface area (Å²) in [5, 5.41) is 7.15. The zero-order chi connectivity index (χ0) is 27.2. The van der Waals surface area contributed by atoms with Crippen LogP contribution in [0.4, 0.5) is 23.2 Å². The van der Waals surface area contributed by atoms with E-state index in [-0.39, 0.29) is 18.1 Å². The Labute approximate surface area is 219 Å². The number of aryl methyl sites for hydroxylation is 1. The number of aromatic nitrogens is 3. The first kappa shape index (κ1) is 25.6. The predicted molar refractivity (Wildman–Crippen MR) is 135 cm³/mol. The second-order valence-electron chi connectivity index (χ2n) is 9.10. The van der Waals surface area contributed by atoms with E-state index in [1.165, 1.54) is 28.2 Å². The number of nitrogens with one attached hydrogen (secondary N) is 1. The Morgan fingerprint density at radius 1 is 1.21 bits per heavy atom. The monoisotopic (exact) mass is 539 g/mol. The molecule has 38 heavy (non-hydrogen) atoms. The summed E-state index contributed by atoms with van der Waals surface area (Å²) in [7, 11) is 0. The van der Waals surface area contributed by atoms with E-state index < -0.39 is 23.2 Å². The van der Waals surface area contributed by atoms with Gasteiger partial charge in [-0.2, -0.15) is 18.3 Å². The van der Waals surface area contributed by atoms with Crippen molar-refractivity contribution in [1.29, 1.82) is 0 Å². The van der Waals surface area contributed by atoms with Gasteiger partial charge in [0.2, 0.25) is 0 Å². The summed E-state index contributed by atoms with van der Waals surface area (Å²) in [6.45, 7) is 10.4. The molecule has 6 nitrogen and oxygen atoms in total. The molecule has 0 aliphatic heterocycles. The highest BCUT2D eigenvalue weighted by Crippen LogP contribution is 2.42. The number of nitrogens with zero attached hydrogens (tertiary/aromatic N) is 4. The summed E-state index contributed by atoms with van der Waals surface area (Å²) >= 11 is 1.27. The Kier molecular flexibility index (Phi) is 6.53. The van der Waals surface area contributed by atoms with E-state index in [4.69, 9.17) is 6.57 Å². The van der Waals surface area contributed by atoms with E-state index in [9.17, 15) is 18.0 Å². The first-order valence-electron chi connectivity index (χ1n) is 11.7. The lowest BCUT2D eigenvalue weighted by atomic mass is 10.0. The first-order valence-corrected chi connectivity index (χ1v) is 12.6. The third-order valence-corrected chi connectivity index (χ3v) is 7.33. The van der Waals surface area contributed by atoms with Gasteiger partial charge in [0.15, 0.2) is 5.69 Å². The van der Waals surface area contributed by atoms with Gasteiger partial charge < -0.3 is 5.32 Å². The minimum absolute atomic E-state index is 0.00218. The van der Waals surface area contributed by atoms with Crippen molar-refractivity contribution < 1.29 is 22.4 Å². The van der Waals surface area contributed by atoms with Gasteiger partial charge in [-0.1, -0.05) is 18.2 Å². The second-order valence-corrected chi connectivity index (χ2v) is 9.95. The number of rotatable bonds is 6. The molecule has 4 aromatic rings. The number of hydrogen-bond acceptors (Lipinski definition) is 4. The Hall–Kier alpha value is -4.04. The average molecular weight is 540 g/mol. The number of carbonyl (C=O) groups excluding carboxylic acids is 1. The smallest absolute Gasteiger partial charge is 0.347 e. The molecule has 2 heterocycles. The number of alkyl halides is 3. The van der Waals surface area contributed by atoms with Crippen molar-refractivity contribution in [2.75, 3.05) is 0 Å². The third kappa shape index (κ3) is 4.79. The molecule has 1 aliphatic carbocycles. The Morgan fingerprint density at radius 2 is 1.97 bits per heavy atom. The molecule has 0 radical (unpaired) electrons. The van der Waals surface area contributed by atoms with Crippen molar-refractivity contribution in [3.05, 3.63) is 92.2 Å². The van der Waals surface area contributed by atoms with Crippen LogP contribution in [0, 0.1) is 26.2 Å². The largest absolute Gasteiger partial charge is 0.407 e. The average Bonchev–Trinajstić information content (AvgIpc) is 3.52. The van der Waals surface area contributed by atoms with Gasteiger partial charge in [0.1, 0.15) is 10.7 Å². The topological polar surface area (TPSA) is 64.2 Å². The molecular weight excluding hydrogens is 518 g/mol. The Bertz CT molecular complexity index is 1590. The van der Waals surface area contributed by atoms with Gasteiger partial charge in [-0.05, 0) is 50.5 Å². The van der Waals surface area contributed by atoms with Gasteiger partial charge in [-0.25, -0.2) is 18.9 Å². The molecule has 1 saturated carbocycles. The van der Waals surface area contributed by atoms with Crippen LogP contribution in [0.25, 0.3) is 21.7 Å². The summed E-state index contributed by atoms with van der Waals surface area (Å²) in [4.78, 5) is 20.4. The summed E-state index contributed by atoms with van der Waals surface area (Å²) in [5.41, 5.74) is 3.46. The molecule has 0 bridgehead atoms. The molecule has 0 atom stereocenters. The van der Waals surface area contributed by atoms with Crippen molar-refractivity contribution in [3.8, 4) is 16.8 Å². The lowest BCUT2D eigenvalue weighted by Crippen LogP contribution is -2.23. The fourth-order valence-corrected chi connectivity index (χ4v) is 5.26. The zero-order valence-corrected chi connectivity index (χ0v) is 21.2. The van der Waals surface area contributed by atoms with Crippen LogP contribution in [0.5, 0.6) is 0 Å². The Morgan fingerprint density at radius 3 is 2.63 bits per heavy atom. The molecule has 0 unspecified atom stereocenters. The fraction of sp³-hybridized carbons (Fsp3) is 0.259.